The highest BCUT2D eigenvalue weighted by atomic mass is 35.5. The van der Waals surface area contributed by atoms with Crippen LogP contribution in [0.25, 0.3) is 0 Å². The molecule has 1 aromatic carbocycles. The third-order valence-electron chi connectivity index (χ3n) is 5.56. The number of carbonyl (C=O) groups is 2. The number of rotatable bonds is 6. The van der Waals surface area contributed by atoms with Crippen LogP contribution < -0.4 is 15.4 Å². The first-order valence-electron chi connectivity index (χ1n) is 10.0. The summed E-state index contributed by atoms with van der Waals surface area (Å²) in [5.41, 5.74) is 2.09. The van der Waals surface area contributed by atoms with E-state index in [4.69, 9.17) is 4.74 Å². The first kappa shape index (κ1) is 22.5. The van der Waals surface area contributed by atoms with Crippen molar-refractivity contribution in [2.24, 2.45) is 5.92 Å². The molecule has 156 valence electrons. The Hall–Kier alpha value is -1.79. The number of carbonyl (C=O) groups excluding carboxylic acids is 2. The third-order valence-corrected chi connectivity index (χ3v) is 5.56. The van der Waals surface area contributed by atoms with Gasteiger partial charge in [0.1, 0.15) is 5.75 Å². The minimum absolute atomic E-state index is 0. The van der Waals surface area contributed by atoms with Crippen LogP contribution in [-0.4, -0.2) is 55.5 Å². The minimum Gasteiger partial charge on any atom is -0.483 e. The molecule has 2 amide bonds. The highest BCUT2D eigenvalue weighted by Gasteiger charge is 2.26. The Kier molecular flexibility index (Phi) is 8.58. The van der Waals surface area contributed by atoms with Crippen LogP contribution in [0, 0.1) is 19.8 Å². The lowest BCUT2D eigenvalue weighted by Gasteiger charge is -2.33. The molecular formula is C21H32ClN3O3. The second-order valence-corrected chi connectivity index (χ2v) is 7.75. The Morgan fingerprint density at radius 3 is 2.64 bits per heavy atom. The number of likely N-dealkylation sites (tertiary alicyclic amines) is 1. The number of para-hydroxylation sites is 1. The Morgan fingerprint density at radius 2 is 1.96 bits per heavy atom. The van der Waals surface area contributed by atoms with E-state index in [1.807, 2.05) is 36.9 Å². The van der Waals surface area contributed by atoms with Gasteiger partial charge in [-0.3, -0.25) is 9.59 Å². The van der Waals surface area contributed by atoms with Crippen LogP contribution in [-0.2, 0) is 9.59 Å². The fourth-order valence-electron chi connectivity index (χ4n) is 3.99. The molecule has 1 aromatic rings. The van der Waals surface area contributed by atoms with E-state index in [9.17, 15) is 9.59 Å². The van der Waals surface area contributed by atoms with Gasteiger partial charge in [0.15, 0.2) is 6.61 Å². The van der Waals surface area contributed by atoms with Crippen molar-refractivity contribution in [1.82, 2.24) is 15.5 Å². The average molecular weight is 410 g/mol. The second kappa shape index (κ2) is 10.7. The van der Waals surface area contributed by atoms with Crippen molar-refractivity contribution < 1.29 is 14.3 Å². The molecule has 3 rings (SSSR count). The molecule has 2 unspecified atom stereocenters. The Morgan fingerprint density at radius 1 is 1.21 bits per heavy atom. The summed E-state index contributed by atoms with van der Waals surface area (Å²) in [6.45, 7) is 7.06. The maximum absolute atomic E-state index is 12.6. The molecule has 2 aliphatic heterocycles. The third kappa shape index (κ3) is 5.85. The van der Waals surface area contributed by atoms with E-state index in [2.05, 4.69) is 10.6 Å². The Balaban J connectivity index is 0.00000280. The van der Waals surface area contributed by atoms with Gasteiger partial charge in [-0.1, -0.05) is 18.2 Å². The van der Waals surface area contributed by atoms with Crippen molar-refractivity contribution in [3.63, 3.8) is 0 Å². The number of benzene rings is 1. The summed E-state index contributed by atoms with van der Waals surface area (Å²) in [5, 5.41) is 6.28. The Labute approximate surface area is 173 Å². The van der Waals surface area contributed by atoms with Gasteiger partial charge in [0.05, 0.1) is 6.04 Å². The maximum atomic E-state index is 12.6. The number of ether oxygens (including phenoxy) is 1. The number of hydrogen-bond acceptors (Lipinski definition) is 4. The molecule has 0 aromatic heterocycles. The monoisotopic (exact) mass is 409 g/mol. The van der Waals surface area contributed by atoms with Gasteiger partial charge in [-0.05, 0) is 63.1 Å². The fourth-order valence-corrected chi connectivity index (χ4v) is 3.99. The number of nitrogens with one attached hydrogen (secondary N) is 2. The summed E-state index contributed by atoms with van der Waals surface area (Å²) >= 11 is 0. The topological polar surface area (TPSA) is 70.7 Å². The van der Waals surface area contributed by atoms with Crippen LogP contribution in [0.1, 0.15) is 36.8 Å². The van der Waals surface area contributed by atoms with E-state index >= 15 is 0 Å². The lowest BCUT2D eigenvalue weighted by molar-refractivity contribution is -0.135. The number of piperidine rings is 1. The minimum atomic E-state index is -0.0444. The summed E-state index contributed by atoms with van der Waals surface area (Å²) in [6, 6.07) is 5.93. The summed E-state index contributed by atoms with van der Waals surface area (Å²) in [7, 11) is 0. The smallest absolute Gasteiger partial charge is 0.260 e. The molecule has 28 heavy (non-hydrogen) atoms. The van der Waals surface area contributed by atoms with E-state index in [-0.39, 0.29) is 36.9 Å². The molecule has 2 N–H and O–H groups in total. The van der Waals surface area contributed by atoms with Crippen molar-refractivity contribution >= 4 is 24.2 Å². The standard InChI is InChI=1S/C21H31N3O3.ClH/c1-15-6-3-7-16(2)20(15)27-14-19(25)24-11-5-8-17(13-24)12-23-21(26)18-9-4-10-22-18;/h3,6-7,17-18,22H,4-5,8-14H2,1-2H3,(H,23,26);1H. The lowest BCUT2D eigenvalue weighted by Crippen LogP contribution is -2.47. The highest BCUT2D eigenvalue weighted by molar-refractivity contribution is 5.85. The Bertz CT molecular complexity index is 657. The molecule has 2 aliphatic rings. The predicted octanol–water partition coefficient (Wildman–Crippen LogP) is 2.21. The molecule has 0 radical (unpaired) electrons. The van der Waals surface area contributed by atoms with Gasteiger partial charge in [0, 0.05) is 19.6 Å². The maximum Gasteiger partial charge on any atom is 0.260 e. The molecule has 2 atom stereocenters. The van der Waals surface area contributed by atoms with Gasteiger partial charge in [0.2, 0.25) is 5.91 Å². The van der Waals surface area contributed by atoms with Crippen LogP contribution in [0.2, 0.25) is 0 Å². The molecule has 2 fully saturated rings. The largest absolute Gasteiger partial charge is 0.483 e. The molecular weight excluding hydrogens is 378 g/mol. The number of amides is 2. The van der Waals surface area contributed by atoms with Crippen molar-refractivity contribution in [3.05, 3.63) is 29.3 Å². The molecule has 2 saturated heterocycles. The molecule has 2 heterocycles. The average Bonchev–Trinajstić information content (AvgIpc) is 3.20. The van der Waals surface area contributed by atoms with E-state index in [0.29, 0.717) is 19.0 Å². The highest BCUT2D eigenvalue weighted by Crippen LogP contribution is 2.23. The van der Waals surface area contributed by atoms with E-state index in [1.54, 1.807) is 0 Å². The zero-order chi connectivity index (χ0) is 19.2. The zero-order valence-corrected chi connectivity index (χ0v) is 17.6. The predicted molar refractivity (Wildman–Crippen MR) is 112 cm³/mol. The van der Waals surface area contributed by atoms with Gasteiger partial charge in [-0.2, -0.15) is 0 Å². The van der Waals surface area contributed by atoms with Crippen LogP contribution in [0.3, 0.4) is 0 Å². The first-order chi connectivity index (χ1) is 13.0. The van der Waals surface area contributed by atoms with Crippen LogP contribution in [0.5, 0.6) is 5.75 Å². The van der Waals surface area contributed by atoms with E-state index < -0.39 is 0 Å². The summed E-state index contributed by atoms with van der Waals surface area (Å²) in [6.07, 6.45) is 3.98. The van der Waals surface area contributed by atoms with Gasteiger partial charge >= 0.3 is 0 Å². The van der Waals surface area contributed by atoms with E-state index in [1.165, 1.54) is 0 Å². The summed E-state index contributed by atoms with van der Waals surface area (Å²) < 4.78 is 5.81. The van der Waals surface area contributed by atoms with Crippen molar-refractivity contribution in [2.75, 3.05) is 32.8 Å². The second-order valence-electron chi connectivity index (χ2n) is 7.75. The molecule has 0 aliphatic carbocycles. The van der Waals surface area contributed by atoms with Gasteiger partial charge in [0.25, 0.3) is 5.91 Å². The van der Waals surface area contributed by atoms with Gasteiger partial charge in [-0.25, -0.2) is 0 Å². The number of nitrogens with zero attached hydrogens (tertiary/aromatic N) is 1. The van der Waals surface area contributed by atoms with Crippen molar-refractivity contribution in [3.8, 4) is 5.75 Å². The SMILES string of the molecule is Cc1cccc(C)c1OCC(=O)N1CCCC(CNC(=O)C2CCCN2)C1.Cl. The molecule has 6 nitrogen and oxygen atoms in total. The normalized spacial score (nSPS) is 21.7. The zero-order valence-electron chi connectivity index (χ0n) is 16.8. The number of hydrogen-bond donors (Lipinski definition) is 2. The van der Waals surface area contributed by atoms with Gasteiger partial charge in [-0.15, -0.1) is 12.4 Å². The van der Waals surface area contributed by atoms with Crippen molar-refractivity contribution in [1.29, 1.82) is 0 Å². The molecule has 7 heteroatoms. The summed E-state index contributed by atoms with van der Waals surface area (Å²) in [5.74, 6) is 1.23. The number of aryl methyl sites for hydroxylation is 2. The van der Waals surface area contributed by atoms with Crippen LogP contribution in [0.15, 0.2) is 18.2 Å². The van der Waals surface area contributed by atoms with Crippen LogP contribution >= 0.6 is 12.4 Å². The van der Waals surface area contributed by atoms with E-state index in [0.717, 1.165) is 55.6 Å². The quantitative estimate of drug-likeness (QED) is 0.755. The molecule has 0 bridgehead atoms. The van der Waals surface area contributed by atoms with Crippen molar-refractivity contribution in [2.45, 2.75) is 45.6 Å². The van der Waals surface area contributed by atoms with Gasteiger partial charge < -0.3 is 20.3 Å². The number of halogens is 1. The lowest BCUT2D eigenvalue weighted by atomic mass is 9.97. The summed E-state index contributed by atoms with van der Waals surface area (Å²) in [4.78, 5) is 26.6. The first-order valence-corrected chi connectivity index (χ1v) is 10.0. The van der Waals surface area contributed by atoms with Crippen LogP contribution in [0.4, 0.5) is 0 Å². The molecule has 0 saturated carbocycles. The molecule has 0 spiro atoms. The fraction of sp³-hybridized carbons (Fsp3) is 0.619.